The number of aromatic amines is 1. The minimum atomic E-state index is -3.67. The first-order valence-electron chi connectivity index (χ1n) is 5.33. The van der Waals surface area contributed by atoms with Crippen LogP contribution in [0.3, 0.4) is 0 Å². The summed E-state index contributed by atoms with van der Waals surface area (Å²) >= 11 is 0. The highest BCUT2D eigenvalue weighted by Gasteiger charge is 2.29. The molecule has 0 aromatic carbocycles. The van der Waals surface area contributed by atoms with Gasteiger partial charge in [0.1, 0.15) is 4.90 Å². The summed E-state index contributed by atoms with van der Waals surface area (Å²) in [6, 6.07) is -0.495. The van der Waals surface area contributed by atoms with Gasteiger partial charge in [-0.15, -0.1) is 0 Å². The summed E-state index contributed by atoms with van der Waals surface area (Å²) in [5, 5.41) is 15.0. The molecular formula is C10H13N3O4S. The molecule has 0 bridgehead atoms. The van der Waals surface area contributed by atoms with Gasteiger partial charge in [0.2, 0.25) is 10.0 Å². The SMILES string of the molecule is Cc1[nH]ncc1S(=O)(=O)NC1C=CC(C(=O)O)C1. The quantitative estimate of drug-likeness (QED) is 0.669. The number of aliphatic carboxylic acids is 1. The van der Waals surface area contributed by atoms with E-state index in [1.807, 2.05) is 0 Å². The number of aromatic nitrogens is 2. The Balaban J connectivity index is 2.10. The van der Waals surface area contributed by atoms with Crippen LogP contribution in [0.2, 0.25) is 0 Å². The zero-order valence-electron chi connectivity index (χ0n) is 9.62. The minimum absolute atomic E-state index is 0.0784. The van der Waals surface area contributed by atoms with Crippen LogP contribution in [0.25, 0.3) is 0 Å². The maximum Gasteiger partial charge on any atom is 0.310 e. The molecule has 2 rings (SSSR count). The van der Waals surface area contributed by atoms with E-state index in [9.17, 15) is 13.2 Å². The Morgan fingerprint density at radius 3 is 2.78 bits per heavy atom. The number of hydrogen-bond donors (Lipinski definition) is 3. The van der Waals surface area contributed by atoms with Crippen LogP contribution in [0, 0.1) is 12.8 Å². The lowest BCUT2D eigenvalue weighted by Crippen LogP contribution is -2.33. The average Bonchev–Trinajstić information content (AvgIpc) is 2.86. The molecule has 1 heterocycles. The van der Waals surface area contributed by atoms with Gasteiger partial charge in [0.15, 0.2) is 0 Å². The van der Waals surface area contributed by atoms with Crippen molar-refractivity contribution in [3.05, 3.63) is 24.0 Å². The summed E-state index contributed by atoms with van der Waals surface area (Å²) in [5.74, 6) is -1.59. The van der Waals surface area contributed by atoms with Crippen LogP contribution >= 0.6 is 0 Å². The molecule has 1 aliphatic rings. The molecule has 2 unspecified atom stereocenters. The summed E-state index contributed by atoms with van der Waals surface area (Å²) < 4.78 is 26.4. The van der Waals surface area contributed by atoms with Crippen molar-refractivity contribution in [1.82, 2.24) is 14.9 Å². The Kier molecular flexibility index (Phi) is 3.22. The van der Waals surface area contributed by atoms with Crippen molar-refractivity contribution in [1.29, 1.82) is 0 Å². The molecule has 0 radical (unpaired) electrons. The zero-order chi connectivity index (χ0) is 13.3. The van der Waals surface area contributed by atoms with Gasteiger partial charge in [-0.25, -0.2) is 13.1 Å². The first-order valence-corrected chi connectivity index (χ1v) is 6.82. The normalized spacial score (nSPS) is 23.4. The van der Waals surface area contributed by atoms with E-state index in [0.29, 0.717) is 5.69 Å². The second-order valence-electron chi connectivity index (χ2n) is 4.15. The largest absolute Gasteiger partial charge is 0.481 e. The number of carbonyl (C=O) groups is 1. The highest BCUT2D eigenvalue weighted by molar-refractivity contribution is 7.89. The van der Waals surface area contributed by atoms with Gasteiger partial charge in [-0.3, -0.25) is 9.89 Å². The number of carboxylic acid groups (broad SMARTS) is 1. The van der Waals surface area contributed by atoms with Gasteiger partial charge in [-0.2, -0.15) is 5.10 Å². The molecule has 0 aliphatic heterocycles. The van der Waals surface area contributed by atoms with Gasteiger partial charge in [0.05, 0.1) is 17.8 Å². The fourth-order valence-corrected chi connectivity index (χ4v) is 3.18. The summed E-state index contributed by atoms with van der Waals surface area (Å²) in [4.78, 5) is 10.8. The predicted molar refractivity (Wildman–Crippen MR) is 62.3 cm³/mol. The first-order chi connectivity index (χ1) is 8.40. The van der Waals surface area contributed by atoms with Crippen molar-refractivity contribution < 1.29 is 18.3 Å². The monoisotopic (exact) mass is 271 g/mol. The van der Waals surface area contributed by atoms with Crippen molar-refractivity contribution in [2.75, 3.05) is 0 Å². The van der Waals surface area contributed by atoms with Crippen molar-refractivity contribution in [2.45, 2.75) is 24.3 Å². The second-order valence-corrected chi connectivity index (χ2v) is 5.83. The molecule has 8 heteroatoms. The number of H-pyrrole nitrogens is 1. The first kappa shape index (κ1) is 12.8. The van der Waals surface area contributed by atoms with E-state index in [-0.39, 0.29) is 11.3 Å². The third-order valence-electron chi connectivity index (χ3n) is 2.78. The Hall–Kier alpha value is -1.67. The standard InChI is InChI=1S/C10H13N3O4S/c1-6-9(5-11-12-6)18(16,17)13-8-3-2-7(4-8)10(14)15/h2-3,5,7-8,13H,4H2,1H3,(H,11,12)(H,14,15). The fourth-order valence-electron chi connectivity index (χ4n) is 1.84. The third kappa shape index (κ3) is 2.44. The lowest BCUT2D eigenvalue weighted by atomic mass is 10.1. The smallest absolute Gasteiger partial charge is 0.310 e. The maximum atomic E-state index is 12.0. The van der Waals surface area contributed by atoms with Gasteiger partial charge in [0, 0.05) is 6.04 Å². The van der Waals surface area contributed by atoms with Gasteiger partial charge in [-0.1, -0.05) is 12.2 Å². The highest BCUT2D eigenvalue weighted by atomic mass is 32.2. The third-order valence-corrected chi connectivity index (χ3v) is 4.38. The van der Waals surface area contributed by atoms with Gasteiger partial charge in [0.25, 0.3) is 0 Å². The second kappa shape index (κ2) is 4.54. The number of sulfonamides is 1. The summed E-state index contributed by atoms with van der Waals surface area (Å²) in [6.45, 7) is 1.60. The zero-order valence-corrected chi connectivity index (χ0v) is 10.4. The molecule has 1 aliphatic carbocycles. The van der Waals surface area contributed by atoms with Crippen LogP contribution in [-0.2, 0) is 14.8 Å². The molecule has 0 fully saturated rings. The maximum absolute atomic E-state index is 12.0. The lowest BCUT2D eigenvalue weighted by Gasteiger charge is -2.11. The van der Waals surface area contributed by atoms with E-state index in [1.165, 1.54) is 12.3 Å². The van der Waals surface area contributed by atoms with Crippen LogP contribution in [0.1, 0.15) is 12.1 Å². The summed E-state index contributed by atoms with van der Waals surface area (Å²) in [7, 11) is -3.67. The molecule has 0 spiro atoms. The van der Waals surface area contributed by atoms with Crippen LogP contribution in [0.4, 0.5) is 0 Å². The fraction of sp³-hybridized carbons (Fsp3) is 0.400. The Morgan fingerprint density at radius 1 is 1.56 bits per heavy atom. The van der Waals surface area contributed by atoms with Gasteiger partial charge >= 0.3 is 5.97 Å². The molecule has 3 N–H and O–H groups in total. The lowest BCUT2D eigenvalue weighted by molar-refractivity contribution is -0.140. The number of aryl methyl sites for hydroxylation is 1. The van der Waals surface area contributed by atoms with E-state index in [1.54, 1.807) is 13.0 Å². The molecule has 2 atom stereocenters. The van der Waals surface area contributed by atoms with E-state index < -0.39 is 28.0 Å². The van der Waals surface area contributed by atoms with E-state index in [2.05, 4.69) is 14.9 Å². The Labute approximate surface area is 104 Å². The number of nitrogens with one attached hydrogen (secondary N) is 2. The van der Waals surface area contributed by atoms with Crippen LogP contribution in [-0.4, -0.2) is 35.7 Å². The molecular weight excluding hydrogens is 258 g/mol. The molecule has 98 valence electrons. The Bertz CT molecular complexity index is 590. The van der Waals surface area contributed by atoms with Gasteiger partial charge < -0.3 is 5.11 Å². The molecule has 1 aromatic heterocycles. The highest BCUT2D eigenvalue weighted by Crippen LogP contribution is 2.20. The van der Waals surface area contributed by atoms with Gasteiger partial charge in [-0.05, 0) is 13.3 Å². The van der Waals surface area contributed by atoms with E-state index in [4.69, 9.17) is 5.11 Å². The molecule has 0 saturated heterocycles. The van der Waals surface area contributed by atoms with Crippen molar-refractivity contribution >= 4 is 16.0 Å². The van der Waals surface area contributed by atoms with Crippen LogP contribution in [0.15, 0.2) is 23.2 Å². The molecule has 18 heavy (non-hydrogen) atoms. The molecule has 0 saturated carbocycles. The molecule has 1 aromatic rings. The molecule has 0 amide bonds. The van der Waals surface area contributed by atoms with Crippen LogP contribution in [0.5, 0.6) is 0 Å². The van der Waals surface area contributed by atoms with Crippen molar-refractivity contribution in [2.24, 2.45) is 5.92 Å². The summed E-state index contributed by atoms with van der Waals surface area (Å²) in [5.41, 5.74) is 0.444. The topological polar surface area (TPSA) is 112 Å². The molecule has 7 nitrogen and oxygen atoms in total. The van der Waals surface area contributed by atoms with E-state index in [0.717, 1.165) is 0 Å². The van der Waals surface area contributed by atoms with E-state index >= 15 is 0 Å². The van der Waals surface area contributed by atoms with Crippen molar-refractivity contribution in [3.63, 3.8) is 0 Å². The summed E-state index contributed by atoms with van der Waals surface area (Å²) in [6.07, 6.45) is 4.51. The number of hydrogen-bond acceptors (Lipinski definition) is 4. The average molecular weight is 271 g/mol. The van der Waals surface area contributed by atoms with Crippen LogP contribution < -0.4 is 4.72 Å². The number of rotatable bonds is 4. The number of carboxylic acids is 1. The Morgan fingerprint density at radius 2 is 2.28 bits per heavy atom. The minimum Gasteiger partial charge on any atom is -0.481 e. The van der Waals surface area contributed by atoms with Crippen molar-refractivity contribution in [3.8, 4) is 0 Å². The number of nitrogens with zero attached hydrogens (tertiary/aromatic N) is 1. The predicted octanol–water partition coefficient (Wildman–Crippen LogP) is 0.0257.